The number of H-pyrrole nitrogens is 1. The molecule has 1 amide bonds. The molecule has 0 bridgehead atoms. The van der Waals surface area contributed by atoms with Gasteiger partial charge in [0.2, 0.25) is 5.91 Å². The summed E-state index contributed by atoms with van der Waals surface area (Å²) in [5.74, 6) is 0.942. The first-order valence-corrected chi connectivity index (χ1v) is 13.3. The molecule has 0 aliphatic rings. The molecule has 34 heavy (non-hydrogen) atoms. The summed E-state index contributed by atoms with van der Waals surface area (Å²) in [5, 5.41) is 5.26. The van der Waals surface area contributed by atoms with Gasteiger partial charge in [0.15, 0.2) is 0 Å². The maximum absolute atomic E-state index is 12.8. The zero-order chi connectivity index (χ0) is 24.1. The van der Waals surface area contributed by atoms with Crippen LogP contribution in [-0.2, 0) is 10.5 Å². The van der Waals surface area contributed by atoms with Crippen LogP contribution in [0.2, 0.25) is 0 Å². The Balaban J connectivity index is 1.39. The van der Waals surface area contributed by atoms with Crippen LogP contribution in [0.1, 0.15) is 26.6 Å². The smallest absolute Gasteiger partial charge is 0.260 e. The molecule has 6 nitrogen and oxygen atoms in total. The fraction of sp³-hybridized carbons (Fsp3) is 0.269. The third-order valence-corrected chi connectivity index (χ3v) is 7.71. The summed E-state index contributed by atoms with van der Waals surface area (Å²) >= 11 is 2.91. The Bertz CT molecular complexity index is 1310. The number of aromatic amines is 1. The maximum Gasteiger partial charge on any atom is 0.260 e. The molecule has 2 N–H and O–H groups in total. The van der Waals surface area contributed by atoms with E-state index in [4.69, 9.17) is 0 Å². The lowest BCUT2D eigenvalue weighted by atomic mass is 10.1. The number of carbonyl (C=O) groups excluding carboxylic acids is 1. The number of nitrogens with one attached hydrogen (secondary N) is 2. The number of fused-ring (bicyclic) bond motifs is 1. The number of hydrogen-bond donors (Lipinski definition) is 2. The first kappa shape index (κ1) is 24.0. The number of thioether (sulfide) groups is 1. The third-order valence-electron chi connectivity index (χ3n) is 5.68. The van der Waals surface area contributed by atoms with E-state index in [9.17, 15) is 9.59 Å². The van der Waals surface area contributed by atoms with Crippen LogP contribution in [0, 0.1) is 0 Å². The zero-order valence-corrected chi connectivity index (χ0v) is 21.1. The van der Waals surface area contributed by atoms with E-state index < -0.39 is 0 Å². The highest BCUT2D eigenvalue weighted by atomic mass is 32.2. The minimum absolute atomic E-state index is 0.0773. The number of benzene rings is 2. The van der Waals surface area contributed by atoms with E-state index in [1.807, 2.05) is 66.9 Å². The molecule has 1 atom stereocenters. The molecule has 176 valence electrons. The number of anilines is 2. The minimum atomic E-state index is -0.299. The van der Waals surface area contributed by atoms with E-state index in [1.165, 1.54) is 23.1 Å². The van der Waals surface area contributed by atoms with Crippen molar-refractivity contribution in [2.75, 3.05) is 23.3 Å². The third kappa shape index (κ3) is 5.34. The second-order valence-electron chi connectivity index (χ2n) is 7.87. The van der Waals surface area contributed by atoms with Gasteiger partial charge in [-0.1, -0.05) is 30.3 Å². The molecule has 0 aliphatic heterocycles. The Morgan fingerprint density at radius 2 is 1.82 bits per heavy atom. The van der Waals surface area contributed by atoms with Gasteiger partial charge >= 0.3 is 0 Å². The summed E-state index contributed by atoms with van der Waals surface area (Å²) in [6, 6.07) is 17.7. The van der Waals surface area contributed by atoms with E-state index in [0.717, 1.165) is 35.6 Å². The van der Waals surface area contributed by atoms with Gasteiger partial charge in [0.25, 0.3) is 5.56 Å². The van der Waals surface area contributed by atoms with Crippen molar-refractivity contribution in [2.24, 2.45) is 0 Å². The Kier molecular flexibility index (Phi) is 7.70. The van der Waals surface area contributed by atoms with Crippen molar-refractivity contribution in [3.8, 4) is 11.1 Å². The van der Waals surface area contributed by atoms with E-state index >= 15 is 0 Å². The zero-order valence-electron chi connectivity index (χ0n) is 19.5. The van der Waals surface area contributed by atoms with E-state index in [-0.39, 0.29) is 16.7 Å². The number of amides is 1. The second kappa shape index (κ2) is 10.9. The molecule has 0 radical (unpaired) electrons. The average molecular weight is 493 g/mol. The van der Waals surface area contributed by atoms with Crippen molar-refractivity contribution in [2.45, 2.75) is 31.8 Å². The molecule has 0 aliphatic carbocycles. The topological polar surface area (TPSA) is 78.1 Å². The van der Waals surface area contributed by atoms with Crippen molar-refractivity contribution < 1.29 is 4.79 Å². The van der Waals surface area contributed by atoms with Crippen molar-refractivity contribution >= 4 is 50.6 Å². The average Bonchev–Trinajstić information content (AvgIpc) is 3.29. The molecular weight excluding hydrogens is 464 g/mol. The highest BCUT2D eigenvalue weighted by molar-refractivity contribution is 7.99. The summed E-state index contributed by atoms with van der Waals surface area (Å²) in [5.41, 5.74) is 3.66. The molecule has 0 spiro atoms. The van der Waals surface area contributed by atoms with Crippen molar-refractivity contribution in [3.63, 3.8) is 0 Å². The van der Waals surface area contributed by atoms with Gasteiger partial charge in [-0.15, -0.1) is 23.1 Å². The lowest BCUT2D eigenvalue weighted by molar-refractivity contribution is -0.115. The molecule has 2 heterocycles. The van der Waals surface area contributed by atoms with Crippen molar-refractivity contribution in [1.82, 2.24) is 9.97 Å². The number of rotatable bonds is 9. The van der Waals surface area contributed by atoms with E-state index in [1.54, 1.807) is 0 Å². The van der Waals surface area contributed by atoms with E-state index in [2.05, 4.69) is 34.0 Å². The van der Waals surface area contributed by atoms with Gasteiger partial charge in [0.1, 0.15) is 10.7 Å². The molecule has 1 unspecified atom stereocenters. The standard InChI is InChI=1S/C26H28N4O2S2/c1-4-30(5-2)20-13-11-19(12-14-20)27-24(31)17(3)33-16-22-28-25(32)23-21(15-34-26(23)29-22)18-9-7-6-8-10-18/h6-15,17H,4-5,16H2,1-3H3,(H,27,31)(H,28,29,32). The van der Waals surface area contributed by atoms with Gasteiger partial charge in [-0.05, 0) is 50.6 Å². The second-order valence-corrected chi connectivity index (χ2v) is 10.1. The maximum atomic E-state index is 12.8. The Labute approximate surface area is 207 Å². The van der Waals surface area contributed by atoms with Crippen molar-refractivity contribution in [3.05, 3.63) is 76.2 Å². The first-order valence-electron chi connectivity index (χ1n) is 11.3. The predicted octanol–water partition coefficient (Wildman–Crippen LogP) is 5.76. The van der Waals surface area contributed by atoms with Gasteiger partial charge in [0.05, 0.1) is 16.4 Å². The van der Waals surface area contributed by atoms with Crippen LogP contribution in [0.3, 0.4) is 0 Å². The molecule has 4 rings (SSSR count). The monoisotopic (exact) mass is 492 g/mol. The molecule has 4 aromatic rings. The summed E-state index contributed by atoms with van der Waals surface area (Å²) < 4.78 is 0. The van der Waals surface area contributed by atoms with Crippen LogP contribution in [0.5, 0.6) is 0 Å². The number of thiophene rings is 1. The first-order chi connectivity index (χ1) is 16.5. The highest BCUT2D eigenvalue weighted by Crippen LogP contribution is 2.31. The molecule has 2 aromatic carbocycles. The van der Waals surface area contributed by atoms with Crippen LogP contribution in [-0.4, -0.2) is 34.2 Å². The lowest BCUT2D eigenvalue weighted by Gasteiger charge is -2.21. The highest BCUT2D eigenvalue weighted by Gasteiger charge is 2.17. The van der Waals surface area contributed by atoms with Crippen LogP contribution < -0.4 is 15.8 Å². The quantitative estimate of drug-likeness (QED) is 0.311. The van der Waals surface area contributed by atoms with Gasteiger partial charge in [-0.2, -0.15) is 0 Å². The number of carbonyl (C=O) groups is 1. The summed E-state index contributed by atoms with van der Waals surface area (Å²) in [7, 11) is 0. The summed E-state index contributed by atoms with van der Waals surface area (Å²) in [6.07, 6.45) is 0. The molecule has 0 saturated heterocycles. The summed E-state index contributed by atoms with van der Waals surface area (Å²) in [4.78, 5) is 36.0. The lowest BCUT2D eigenvalue weighted by Crippen LogP contribution is -2.23. The Morgan fingerprint density at radius 3 is 2.50 bits per heavy atom. The molecule has 0 saturated carbocycles. The van der Waals surface area contributed by atoms with Crippen LogP contribution >= 0.6 is 23.1 Å². The largest absolute Gasteiger partial charge is 0.372 e. The molecule has 2 aromatic heterocycles. The fourth-order valence-electron chi connectivity index (χ4n) is 3.76. The molecular formula is C26H28N4O2S2. The number of nitrogens with zero attached hydrogens (tertiary/aromatic N) is 2. The normalized spacial score (nSPS) is 12.0. The van der Waals surface area contributed by atoms with E-state index in [0.29, 0.717) is 21.8 Å². The van der Waals surface area contributed by atoms with Crippen LogP contribution in [0.15, 0.2) is 64.8 Å². The fourth-order valence-corrected chi connectivity index (χ4v) is 5.48. The predicted molar refractivity (Wildman–Crippen MR) is 145 cm³/mol. The van der Waals surface area contributed by atoms with Gasteiger partial charge in [-0.3, -0.25) is 9.59 Å². The van der Waals surface area contributed by atoms with Gasteiger partial charge in [0, 0.05) is 35.4 Å². The van der Waals surface area contributed by atoms with Crippen LogP contribution in [0.4, 0.5) is 11.4 Å². The molecule has 0 fully saturated rings. The Morgan fingerprint density at radius 1 is 1.12 bits per heavy atom. The number of aromatic nitrogens is 2. The van der Waals surface area contributed by atoms with Gasteiger partial charge < -0.3 is 15.2 Å². The summed E-state index contributed by atoms with van der Waals surface area (Å²) in [6.45, 7) is 7.99. The van der Waals surface area contributed by atoms with Gasteiger partial charge in [-0.25, -0.2) is 4.98 Å². The molecule has 8 heteroatoms. The minimum Gasteiger partial charge on any atom is -0.372 e. The van der Waals surface area contributed by atoms with Crippen LogP contribution in [0.25, 0.3) is 21.3 Å². The number of hydrogen-bond acceptors (Lipinski definition) is 6. The SMILES string of the molecule is CCN(CC)c1ccc(NC(=O)C(C)SCc2nc3scc(-c4ccccc4)c3c(=O)[nH]2)cc1. The Hall–Kier alpha value is -3.10. The van der Waals surface area contributed by atoms with Crippen molar-refractivity contribution in [1.29, 1.82) is 0 Å².